The molecule has 2 amide bonds. The van der Waals surface area contributed by atoms with E-state index < -0.39 is 5.60 Å². The molecule has 2 heterocycles. The van der Waals surface area contributed by atoms with Gasteiger partial charge in [-0.05, 0) is 20.8 Å². The van der Waals surface area contributed by atoms with Crippen LogP contribution in [0, 0.1) is 0 Å². The van der Waals surface area contributed by atoms with E-state index in [4.69, 9.17) is 10.5 Å². The number of imidazole rings is 1. The lowest BCUT2D eigenvalue weighted by Gasteiger charge is -2.41. The molecular formula is C15H25N5O3. The number of hydrogen-bond acceptors (Lipinski definition) is 5. The summed E-state index contributed by atoms with van der Waals surface area (Å²) in [5.41, 5.74) is 5.78. The molecule has 1 aliphatic heterocycles. The number of hydrogen-bond donors (Lipinski definition) is 1. The molecule has 0 radical (unpaired) electrons. The van der Waals surface area contributed by atoms with Crippen molar-refractivity contribution in [3.05, 3.63) is 18.2 Å². The number of aryl methyl sites for hydroxylation is 1. The molecule has 1 aliphatic rings. The van der Waals surface area contributed by atoms with Crippen LogP contribution in [0.4, 0.5) is 4.79 Å². The first-order chi connectivity index (χ1) is 10.7. The van der Waals surface area contributed by atoms with Gasteiger partial charge in [-0.1, -0.05) is 0 Å². The van der Waals surface area contributed by atoms with E-state index >= 15 is 0 Å². The predicted octanol–water partition coefficient (Wildman–Crippen LogP) is 0.440. The van der Waals surface area contributed by atoms with Crippen LogP contribution >= 0.6 is 0 Å². The number of ether oxygens (including phenoxy) is 1. The van der Waals surface area contributed by atoms with Crippen molar-refractivity contribution in [3.63, 3.8) is 0 Å². The zero-order chi connectivity index (χ0) is 17.2. The molecule has 8 heteroatoms. The third kappa shape index (κ3) is 4.01. The summed E-state index contributed by atoms with van der Waals surface area (Å²) in [4.78, 5) is 32.1. The Hall–Kier alpha value is -2.09. The molecule has 0 aliphatic carbocycles. The number of piperazine rings is 1. The molecule has 1 fully saturated rings. The zero-order valence-electron chi connectivity index (χ0n) is 14.2. The number of rotatable bonds is 2. The van der Waals surface area contributed by atoms with Gasteiger partial charge in [0.2, 0.25) is 0 Å². The van der Waals surface area contributed by atoms with Crippen molar-refractivity contribution >= 4 is 12.0 Å². The van der Waals surface area contributed by atoms with E-state index in [1.807, 2.05) is 20.8 Å². The lowest BCUT2D eigenvalue weighted by molar-refractivity contribution is 0.00508. The quantitative estimate of drug-likeness (QED) is 0.852. The van der Waals surface area contributed by atoms with E-state index in [2.05, 4.69) is 4.98 Å². The second-order valence-corrected chi connectivity index (χ2v) is 6.70. The van der Waals surface area contributed by atoms with Gasteiger partial charge in [0, 0.05) is 33.2 Å². The maximum Gasteiger partial charge on any atom is 0.410 e. The van der Waals surface area contributed by atoms with Gasteiger partial charge in [-0.3, -0.25) is 4.79 Å². The highest BCUT2D eigenvalue weighted by atomic mass is 16.6. The Kier molecular flexibility index (Phi) is 4.93. The highest BCUT2D eigenvalue weighted by molar-refractivity contribution is 5.92. The average Bonchev–Trinajstić information content (AvgIpc) is 2.90. The van der Waals surface area contributed by atoms with Gasteiger partial charge in [-0.15, -0.1) is 0 Å². The maximum absolute atomic E-state index is 12.6. The minimum absolute atomic E-state index is 0.121. The summed E-state index contributed by atoms with van der Waals surface area (Å²) in [6.45, 7) is 6.98. The standard InChI is InChI=1S/C15H25N5O3/c1-15(2,3)23-14(22)19-5-6-20(11(7-16)9-19)13(21)12-8-17-10-18(12)4/h8,10-11H,5-7,9,16H2,1-4H3. The van der Waals surface area contributed by atoms with Crippen LogP contribution in [0.2, 0.25) is 0 Å². The Bertz CT molecular complexity index is 578. The minimum atomic E-state index is -0.545. The number of carbonyl (C=O) groups is 2. The first-order valence-corrected chi connectivity index (χ1v) is 7.68. The molecule has 1 saturated heterocycles. The van der Waals surface area contributed by atoms with Crippen LogP contribution in [-0.2, 0) is 11.8 Å². The molecular weight excluding hydrogens is 298 g/mol. The first kappa shape index (κ1) is 17.3. The van der Waals surface area contributed by atoms with Gasteiger partial charge in [0.25, 0.3) is 5.91 Å². The minimum Gasteiger partial charge on any atom is -0.444 e. The molecule has 2 rings (SSSR count). The van der Waals surface area contributed by atoms with E-state index in [0.717, 1.165) is 0 Å². The van der Waals surface area contributed by atoms with Crippen molar-refractivity contribution in [3.8, 4) is 0 Å². The fourth-order valence-electron chi connectivity index (χ4n) is 2.53. The molecule has 0 saturated carbocycles. The van der Waals surface area contributed by atoms with Crippen LogP contribution in [-0.4, -0.2) is 69.2 Å². The molecule has 0 spiro atoms. The van der Waals surface area contributed by atoms with E-state index in [1.165, 1.54) is 6.20 Å². The summed E-state index contributed by atoms with van der Waals surface area (Å²) in [6, 6.07) is -0.237. The molecule has 0 aromatic carbocycles. The molecule has 2 N–H and O–H groups in total. The summed E-state index contributed by atoms with van der Waals surface area (Å²) in [5.74, 6) is -0.121. The third-order valence-electron chi connectivity index (χ3n) is 3.70. The number of nitrogens with zero attached hydrogens (tertiary/aromatic N) is 4. The largest absolute Gasteiger partial charge is 0.444 e. The fraction of sp³-hybridized carbons (Fsp3) is 0.667. The average molecular weight is 323 g/mol. The summed E-state index contributed by atoms with van der Waals surface area (Å²) >= 11 is 0. The molecule has 8 nitrogen and oxygen atoms in total. The van der Waals surface area contributed by atoms with Crippen molar-refractivity contribution in [1.82, 2.24) is 19.4 Å². The van der Waals surface area contributed by atoms with Gasteiger partial charge in [0.15, 0.2) is 0 Å². The highest BCUT2D eigenvalue weighted by Crippen LogP contribution is 2.16. The third-order valence-corrected chi connectivity index (χ3v) is 3.70. The van der Waals surface area contributed by atoms with Crippen LogP contribution in [0.3, 0.4) is 0 Å². The Balaban J connectivity index is 2.06. The van der Waals surface area contributed by atoms with Crippen LogP contribution in [0.25, 0.3) is 0 Å². The Morgan fingerprint density at radius 2 is 2.09 bits per heavy atom. The van der Waals surface area contributed by atoms with Gasteiger partial charge in [-0.2, -0.15) is 0 Å². The summed E-state index contributed by atoms with van der Waals surface area (Å²) in [7, 11) is 1.77. The van der Waals surface area contributed by atoms with Crippen molar-refractivity contribution in [2.24, 2.45) is 12.8 Å². The molecule has 1 atom stereocenters. The maximum atomic E-state index is 12.6. The number of amides is 2. The summed E-state index contributed by atoms with van der Waals surface area (Å²) < 4.78 is 7.06. The van der Waals surface area contributed by atoms with E-state index in [9.17, 15) is 9.59 Å². The van der Waals surface area contributed by atoms with Gasteiger partial charge >= 0.3 is 6.09 Å². The molecule has 0 bridgehead atoms. The Labute approximate surface area is 136 Å². The topological polar surface area (TPSA) is 93.7 Å². The molecule has 23 heavy (non-hydrogen) atoms. The smallest absolute Gasteiger partial charge is 0.410 e. The number of nitrogens with two attached hydrogens (primary N) is 1. The predicted molar refractivity (Wildman–Crippen MR) is 84.9 cm³/mol. The normalized spacial score (nSPS) is 18.9. The van der Waals surface area contributed by atoms with Gasteiger partial charge in [0.1, 0.15) is 11.3 Å². The SMILES string of the molecule is Cn1cncc1C(=O)N1CCN(C(=O)OC(C)(C)C)CC1CN. The fourth-order valence-corrected chi connectivity index (χ4v) is 2.53. The Morgan fingerprint density at radius 3 is 2.61 bits per heavy atom. The van der Waals surface area contributed by atoms with E-state index in [0.29, 0.717) is 25.3 Å². The van der Waals surface area contributed by atoms with Crippen molar-refractivity contribution in [2.45, 2.75) is 32.4 Å². The summed E-state index contributed by atoms with van der Waals surface area (Å²) in [6.07, 6.45) is 2.75. The molecule has 128 valence electrons. The number of carbonyl (C=O) groups excluding carboxylic acids is 2. The highest BCUT2D eigenvalue weighted by Gasteiger charge is 2.34. The lowest BCUT2D eigenvalue weighted by atomic mass is 10.1. The molecule has 1 unspecified atom stereocenters. The second-order valence-electron chi connectivity index (χ2n) is 6.70. The van der Waals surface area contributed by atoms with Gasteiger partial charge in [-0.25, -0.2) is 9.78 Å². The van der Waals surface area contributed by atoms with Crippen LogP contribution in [0.1, 0.15) is 31.3 Å². The van der Waals surface area contributed by atoms with Crippen LogP contribution < -0.4 is 5.73 Å². The van der Waals surface area contributed by atoms with Crippen molar-refractivity contribution < 1.29 is 14.3 Å². The van der Waals surface area contributed by atoms with Crippen molar-refractivity contribution in [2.75, 3.05) is 26.2 Å². The summed E-state index contributed by atoms with van der Waals surface area (Å²) in [5, 5.41) is 0. The lowest BCUT2D eigenvalue weighted by Crippen LogP contribution is -2.59. The Morgan fingerprint density at radius 1 is 1.39 bits per heavy atom. The van der Waals surface area contributed by atoms with E-state index in [-0.39, 0.29) is 24.6 Å². The zero-order valence-corrected chi connectivity index (χ0v) is 14.2. The first-order valence-electron chi connectivity index (χ1n) is 7.68. The monoisotopic (exact) mass is 323 g/mol. The molecule has 1 aromatic rings. The van der Waals surface area contributed by atoms with Crippen LogP contribution in [0.15, 0.2) is 12.5 Å². The second kappa shape index (κ2) is 6.57. The van der Waals surface area contributed by atoms with Crippen LogP contribution in [0.5, 0.6) is 0 Å². The van der Waals surface area contributed by atoms with Crippen molar-refractivity contribution in [1.29, 1.82) is 0 Å². The molecule has 1 aromatic heterocycles. The van der Waals surface area contributed by atoms with E-state index in [1.54, 1.807) is 27.7 Å². The number of aromatic nitrogens is 2. The van der Waals surface area contributed by atoms with Gasteiger partial charge in [0.05, 0.1) is 18.6 Å². The van der Waals surface area contributed by atoms with Gasteiger partial charge < -0.3 is 24.8 Å².